The van der Waals surface area contributed by atoms with E-state index in [0.717, 1.165) is 38.5 Å². The van der Waals surface area contributed by atoms with Gasteiger partial charge in [0, 0.05) is 44.2 Å². The van der Waals surface area contributed by atoms with Crippen LogP contribution in [0.2, 0.25) is 0 Å². The smallest absolute Gasteiger partial charge is 0.127 e. The first-order valence-electron chi connectivity index (χ1n) is 8.88. The number of benzene rings is 2. The number of hydrogen-bond acceptors (Lipinski definition) is 4. The highest BCUT2D eigenvalue weighted by Gasteiger charge is 2.24. The summed E-state index contributed by atoms with van der Waals surface area (Å²) in [6.45, 7) is 9.59. The number of aliphatic hydroxyl groups excluding tert-OH is 1. The zero-order valence-electron chi connectivity index (χ0n) is 14.7. The van der Waals surface area contributed by atoms with Crippen LogP contribution < -0.4 is 4.74 Å². The van der Waals surface area contributed by atoms with Gasteiger partial charge in [-0.1, -0.05) is 36.4 Å². The fraction of sp³-hybridized carbons (Fsp3) is 0.500. The van der Waals surface area contributed by atoms with E-state index >= 15 is 0 Å². The molecule has 1 N–H and O–H groups in total. The highest BCUT2D eigenvalue weighted by Crippen LogP contribution is 2.25. The molecule has 4 heteroatoms. The summed E-state index contributed by atoms with van der Waals surface area (Å²) in [6, 6.07) is 15.0. The van der Waals surface area contributed by atoms with Crippen LogP contribution in [0.1, 0.15) is 13.8 Å². The van der Waals surface area contributed by atoms with Crippen LogP contribution in [0.4, 0.5) is 0 Å². The zero-order valence-corrected chi connectivity index (χ0v) is 14.7. The third-order valence-corrected chi connectivity index (χ3v) is 4.76. The Morgan fingerprint density at radius 3 is 2.75 bits per heavy atom. The van der Waals surface area contributed by atoms with Crippen LogP contribution in [0.15, 0.2) is 42.5 Å². The lowest BCUT2D eigenvalue weighted by Crippen LogP contribution is -2.54. The number of fused-ring (bicyclic) bond motifs is 1. The molecule has 0 saturated carbocycles. The van der Waals surface area contributed by atoms with Gasteiger partial charge in [-0.05, 0) is 25.3 Å². The minimum Gasteiger partial charge on any atom is -0.492 e. The lowest BCUT2D eigenvalue weighted by atomic mass is 10.1. The maximum atomic E-state index is 9.57. The van der Waals surface area contributed by atoms with Crippen molar-refractivity contribution < 1.29 is 9.84 Å². The Kier molecular flexibility index (Phi) is 5.72. The Hall–Kier alpha value is -1.62. The molecule has 4 nitrogen and oxygen atoms in total. The summed E-state index contributed by atoms with van der Waals surface area (Å²) in [5.74, 6) is 0.967. The van der Waals surface area contributed by atoms with Crippen molar-refractivity contribution in [2.24, 2.45) is 0 Å². The summed E-state index contributed by atoms with van der Waals surface area (Å²) >= 11 is 0. The lowest BCUT2D eigenvalue weighted by molar-refractivity contribution is 0.0405. The van der Waals surface area contributed by atoms with Gasteiger partial charge in [0.15, 0.2) is 0 Å². The molecule has 2 atom stereocenters. The maximum Gasteiger partial charge on any atom is 0.127 e. The lowest BCUT2D eigenvalue weighted by Gasteiger charge is -2.40. The molecule has 0 aromatic heterocycles. The van der Waals surface area contributed by atoms with Crippen molar-refractivity contribution in [2.75, 3.05) is 39.3 Å². The molecule has 1 aliphatic heterocycles. The molecule has 130 valence electrons. The van der Waals surface area contributed by atoms with Crippen LogP contribution in [-0.2, 0) is 0 Å². The summed E-state index contributed by atoms with van der Waals surface area (Å²) in [5.41, 5.74) is 0. The van der Waals surface area contributed by atoms with E-state index in [1.54, 1.807) is 0 Å². The van der Waals surface area contributed by atoms with E-state index in [9.17, 15) is 5.11 Å². The average Bonchev–Trinajstić information content (AvgIpc) is 2.57. The van der Waals surface area contributed by atoms with Crippen molar-refractivity contribution in [3.63, 3.8) is 0 Å². The van der Waals surface area contributed by atoms with Gasteiger partial charge in [0.05, 0.1) is 6.10 Å². The van der Waals surface area contributed by atoms with E-state index in [2.05, 4.69) is 53.1 Å². The van der Waals surface area contributed by atoms with E-state index in [0.29, 0.717) is 12.6 Å². The number of ether oxygens (including phenoxy) is 1. The molecule has 0 unspecified atom stereocenters. The molecule has 0 radical (unpaired) electrons. The molecule has 1 saturated heterocycles. The standard InChI is InChI=1S/C20H28N2O2/c1-16-14-21(10-11-22(16)15-17(2)23)12-13-24-20-9-5-7-18-6-3-4-8-19(18)20/h3-9,16-17,23H,10-15H2,1-2H3/t16-,17-/m1/s1. The molecule has 0 bridgehead atoms. The van der Waals surface area contributed by atoms with Crippen LogP contribution >= 0.6 is 0 Å². The summed E-state index contributed by atoms with van der Waals surface area (Å²) in [5, 5.41) is 12.0. The topological polar surface area (TPSA) is 35.9 Å². The van der Waals surface area contributed by atoms with E-state index in [1.807, 2.05) is 13.0 Å². The molecule has 24 heavy (non-hydrogen) atoms. The summed E-state index contributed by atoms with van der Waals surface area (Å²) in [4.78, 5) is 4.82. The molecular formula is C20H28N2O2. The van der Waals surface area contributed by atoms with Crippen molar-refractivity contribution in [3.05, 3.63) is 42.5 Å². The van der Waals surface area contributed by atoms with Crippen LogP contribution in [0.3, 0.4) is 0 Å². The van der Waals surface area contributed by atoms with Crippen LogP contribution in [0.25, 0.3) is 10.8 Å². The van der Waals surface area contributed by atoms with Crippen molar-refractivity contribution in [1.29, 1.82) is 0 Å². The largest absolute Gasteiger partial charge is 0.492 e. The summed E-state index contributed by atoms with van der Waals surface area (Å²) < 4.78 is 6.05. The zero-order chi connectivity index (χ0) is 16.9. The van der Waals surface area contributed by atoms with E-state index in [1.165, 1.54) is 10.8 Å². The Morgan fingerprint density at radius 1 is 1.17 bits per heavy atom. The first kappa shape index (κ1) is 17.2. The molecule has 1 fully saturated rings. The van der Waals surface area contributed by atoms with Crippen molar-refractivity contribution >= 4 is 10.8 Å². The number of aliphatic hydroxyl groups is 1. The molecule has 1 aliphatic rings. The van der Waals surface area contributed by atoms with E-state index in [-0.39, 0.29) is 6.10 Å². The van der Waals surface area contributed by atoms with Crippen molar-refractivity contribution in [3.8, 4) is 5.75 Å². The van der Waals surface area contributed by atoms with E-state index < -0.39 is 0 Å². The normalized spacial score (nSPS) is 21.0. The summed E-state index contributed by atoms with van der Waals surface area (Å²) in [7, 11) is 0. The number of rotatable bonds is 6. The van der Waals surface area contributed by atoms with Gasteiger partial charge < -0.3 is 9.84 Å². The third kappa shape index (κ3) is 4.26. The Labute approximate surface area is 144 Å². The highest BCUT2D eigenvalue weighted by atomic mass is 16.5. The second-order valence-corrected chi connectivity index (χ2v) is 6.82. The van der Waals surface area contributed by atoms with Gasteiger partial charge in [-0.25, -0.2) is 0 Å². The minimum atomic E-state index is -0.256. The molecule has 0 aliphatic carbocycles. The first-order valence-corrected chi connectivity index (χ1v) is 8.88. The monoisotopic (exact) mass is 328 g/mol. The predicted molar refractivity (Wildman–Crippen MR) is 98.6 cm³/mol. The second-order valence-electron chi connectivity index (χ2n) is 6.82. The molecule has 2 aromatic carbocycles. The molecule has 0 amide bonds. The third-order valence-electron chi connectivity index (χ3n) is 4.76. The SMILES string of the molecule is C[C@@H]1CN(CCOc2cccc3ccccc23)CCN1C[C@@H](C)O. The minimum absolute atomic E-state index is 0.256. The molecule has 1 heterocycles. The highest BCUT2D eigenvalue weighted by molar-refractivity contribution is 5.88. The van der Waals surface area contributed by atoms with Crippen molar-refractivity contribution in [1.82, 2.24) is 9.80 Å². The Balaban J connectivity index is 1.50. The van der Waals surface area contributed by atoms with Gasteiger partial charge in [-0.3, -0.25) is 9.80 Å². The van der Waals surface area contributed by atoms with Gasteiger partial charge in [0.25, 0.3) is 0 Å². The second kappa shape index (κ2) is 7.97. The quantitative estimate of drug-likeness (QED) is 0.884. The molecule has 3 rings (SSSR count). The molecule has 2 aromatic rings. The van der Waals surface area contributed by atoms with Gasteiger partial charge in [-0.2, -0.15) is 0 Å². The first-order chi connectivity index (χ1) is 11.6. The van der Waals surface area contributed by atoms with Crippen molar-refractivity contribution in [2.45, 2.75) is 26.0 Å². The number of hydrogen-bond donors (Lipinski definition) is 1. The number of β-amino-alcohol motifs (C(OH)–C–C–N with tert-alkyl or cyclic N) is 1. The fourth-order valence-corrected chi connectivity index (χ4v) is 3.49. The van der Waals surface area contributed by atoms with Gasteiger partial charge in [0.1, 0.15) is 12.4 Å². The van der Waals surface area contributed by atoms with Gasteiger partial charge in [-0.15, -0.1) is 0 Å². The molecule has 0 spiro atoms. The van der Waals surface area contributed by atoms with E-state index in [4.69, 9.17) is 4.74 Å². The fourth-order valence-electron chi connectivity index (χ4n) is 3.49. The Bertz CT molecular complexity index is 654. The Morgan fingerprint density at radius 2 is 1.96 bits per heavy atom. The van der Waals surface area contributed by atoms with Gasteiger partial charge in [0.2, 0.25) is 0 Å². The maximum absolute atomic E-state index is 9.57. The average molecular weight is 328 g/mol. The van der Waals surface area contributed by atoms with Crippen LogP contribution in [0.5, 0.6) is 5.75 Å². The summed E-state index contributed by atoms with van der Waals surface area (Å²) in [6.07, 6.45) is -0.256. The van der Waals surface area contributed by atoms with Gasteiger partial charge >= 0.3 is 0 Å². The predicted octanol–water partition coefficient (Wildman–Crippen LogP) is 2.61. The van der Waals surface area contributed by atoms with Crippen LogP contribution in [-0.4, -0.2) is 66.4 Å². The number of nitrogens with zero attached hydrogens (tertiary/aromatic N) is 2. The van der Waals surface area contributed by atoms with Crippen LogP contribution in [0, 0.1) is 0 Å². The molecular weight excluding hydrogens is 300 g/mol. The number of piperazine rings is 1.